The molecular formula is C14H19F2N3O2S. The highest BCUT2D eigenvalue weighted by molar-refractivity contribution is 7.89. The van der Waals surface area contributed by atoms with E-state index in [9.17, 15) is 17.2 Å². The summed E-state index contributed by atoms with van der Waals surface area (Å²) < 4.78 is 52.9. The molecule has 0 aromatic heterocycles. The number of guanidine groups is 1. The van der Waals surface area contributed by atoms with Crippen molar-refractivity contribution in [2.75, 3.05) is 19.3 Å². The minimum atomic E-state index is -3.64. The number of rotatable bonds is 3. The van der Waals surface area contributed by atoms with E-state index in [2.05, 4.69) is 10.3 Å². The molecule has 2 rings (SSSR count). The van der Waals surface area contributed by atoms with Gasteiger partial charge in [0.25, 0.3) is 0 Å². The molecule has 0 radical (unpaired) electrons. The van der Waals surface area contributed by atoms with E-state index in [4.69, 9.17) is 0 Å². The molecule has 0 amide bonds. The Bertz CT molecular complexity index is 706. The third-order valence-corrected chi connectivity index (χ3v) is 5.53. The molecule has 1 aromatic rings. The zero-order chi connectivity index (χ0) is 16.5. The number of nitrogens with one attached hydrogen (secondary N) is 1. The Morgan fingerprint density at radius 2 is 2.09 bits per heavy atom. The summed E-state index contributed by atoms with van der Waals surface area (Å²) in [6, 6.07) is 3.12. The van der Waals surface area contributed by atoms with Crippen LogP contribution in [0.15, 0.2) is 23.2 Å². The lowest BCUT2D eigenvalue weighted by Gasteiger charge is -2.40. The van der Waals surface area contributed by atoms with Gasteiger partial charge in [-0.25, -0.2) is 21.5 Å². The number of aliphatic imine (C=N–C) groups is 1. The van der Waals surface area contributed by atoms with Gasteiger partial charge in [-0.3, -0.25) is 4.99 Å². The van der Waals surface area contributed by atoms with Gasteiger partial charge in [0.2, 0.25) is 16.0 Å². The maximum atomic E-state index is 14.1. The van der Waals surface area contributed by atoms with Crippen LogP contribution in [0.1, 0.15) is 25.8 Å². The average Bonchev–Trinajstić information content (AvgIpc) is 2.40. The van der Waals surface area contributed by atoms with Crippen molar-refractivity contribution in [3.8, 4) is 0 Å². The zero-order valence-corrected chi connectivity index (χ0v) is 13.5. The second-order valence-electron chi connectivity index (χ2n) is 5.51. The molecule has 0 saturated carbocycles. The molecule has 122 valence electrons. The van der Waals surface area contributed by atoms with Gasteiger partial charge < -0.3 is 5.32 Å². The maximum absolute atomic E-state index is 14.1. The largest absolute Gasteiger partial charge is 0.345 e. The summed E-state index contributed by atoms with van der Waals surface area (Å²) in [5.74, 6) is -1.67. The SMILES string of the molecule is CCCN=C1N[C@](C)(c2ccc(F)cc2F)CS(=O)(=O)N1C. The van der Waals surface area contributed by atoms with Crippen molar-refractivity contribution >= 4 is 16.0 Å². The summed E-state index contributed by atoms with van der Waals surface area (Å²) in [7, 11) is -2.24. The zero-order valence-electron chi connectivity index (χ0n) is 12.7. The molecule has 1 saturated heterocycles. The van der Waals surface area contributed by atoms with Crippen molar-refractivity contribution < 1.29 is 17.2 Å². The number of sulfonamides is 1. The van der Waals surface area contributed by atoms with Crippen LogP contribution in [0.4, 0.5) is 8.78 Å². The normalized spacial score (nSPS) is 26.0. The van der Waals surface area contributed by atoms with E-state index in [1.165, 1.54) is 13.1 Å². The second kappa shape index (κ2) is 5.83. The molecule has 1 aromatic carbocycles. The summed E-state index contributed by atoms with van der Waals surface area (Å²) in [6.07, 6.45) is 0.751. The Morgan fingerprint density at radius 1 is 1.41 bits per heavy atom. The minimum absolute atomic E-state index is 0.0924. The van der Waals surface area contributed by atoms with Crippen LogP contribution in [0.5, 0.6) is 0 Å². The number of halogens is 2. The molecule has 1 fully saturated rings. The molecule has 1 aliphatic rings. The Balaban J connectivity index is 2.49. The summed E-state index contributed by atoms with van der Waals surface area (Å²) >= 11 is 0. The van der Waals surface area contributed by atoms with Gasteiger partial charge >= 0.3 is 0 Å². The Kier molecular flexibility index (Phi) is 4.42. The van der Waals surface area contributed by atoms with Crippen LogP contribution in [-0.4, -0.2) is 38.0 Å². The van der Waals surface area contributed by atoms with Gasteiger partial charge in [-0.15, -0.1) is 0 Å². The first kappa shape index (κ1) is 16.7. The molecule has 0 unspecified atom stereocenters. The molecule has 8 heteroatoms. The summed E-state index contributed by atoms with van der Waals surface area (Å²) in [4.78, 5) is 4.20. The molecule has 0 aliphatic carbocycles. The highest BCUT2D eigenvalue weighted by Crippen LogP contribution is 2.30. The third kappa shape index (κ3) is 3.06. The van der Waals surface area contributed by atoms with E-state index in [1.54, 1.807) is 6.92 Å². The van der Waals surface area contributed by atoms with E-state index in [0.717, 1.165) is 22.9 Å². The van der Waals surface area contributed by atoms with E-state index in [-0.39, 0.29) is 17.3 Å². The van der Waals surface area contributed by atoms with Crippen LogP contribution < -0.4 is 5.32 Å². The lowest BCUT2D eigenvalue weighted by atomic mass is 9.93. The van der Waals surface area contributed by atoms with Crippen molar-refractivity contribution in [1.29, 1.82) is 0 Å². The second-order valence-corrected chi connectivity index (χ2v) is 7.51. The van der Waals surface area contributed by atoms with Crippen molar-refractivity contribution in [3.05, 3.63) is 35.4 Å². The maximum Gasteiger partial charge on any atom is 0.239 e. The number of hydrogen-bond donors (Lipinski definition) is 1. The predicted octanol–water partition coefficient (Wildman–Crippen LogP) is 1.81. The van der Waals surface area contributed by atoms with E-state index >= 15 is 0 Å². The van der Waals surface area contributed by atoms with Gasteiger partial charge in [-0.2, -0.15) is 0 Å². The first-order chi connectivity index (χ1) is 10.2. The summed E-state index contributed by atoms with van der Waals surface area (Å²) in [6.45, 7) is 3.93. The highest BCUT2D eigenvalue weighted by atomic mass is 32.2. The molecule has 1 atom stereocenters. The molecule has 0 spiro atoms. The molecule has 0 bridgehead atoms. The number of nitrogens with zero attached hydrogens (tertiary/aromatic N) is 2. The van der Waals surface area contributed by atoms with Gasteiger partial charge in [0.15, 0.2) is 0 Å². The van der Waals surface area contributed by atoms with E-state index < -0.39 is 27.2 Å². The molecular weight excluding hydrogens is 312 g/mol. The van der Waals surface area contributed by atoms with Crippen LogP contribution >= 0.6 is 0 Å². The minimum Gasteiger partial charge on any atom is -0.345 e. The fourth-order valence-corrected chi connectivity index (χ4v) is 3.91. The smallest absolute Gasteiger partial charge is 0.239 e. The summed E-state index contributed by atoms with van der Waals surface area (Å²) in [5.41, 5.74) is -1.12. The first-order valence-electron chi connectivity index (χ1n) is 6.94. The lowest BCUT2D eigenvalue weighted by molar-refractivity contribution is 0.401. The van der Waals surface area contributed by atoms with Crippen molar-refractivity contribution in [2.24, 2.45) is 4.99 Å². The number of hydrogen-bond acceptors (Lipinski definition) is 3. The van der Waals surface area contributed by atoms with Crippen molar-refractivity contribution in [1.82, 2.24) is 9.62 Å². The average molecular weight is 331 g/mol. The monoisotopic (exact) mass is 331 g/mol. The van der Waals surface area contributed by atoms with Crippen LogP contribution in [-0.2, 0) is 15.6 Å². The van der Waals surface area contributed by atoms with Gasteiger partial charge in [0.05, 0.1) is 11.3 Å². The van der Waals surface area contributed by atoms with Crippen LogP contribution in [0.3, 0.4) is 0 Å². The molecule has 1 aliphatic heterocycles. The van der Waals surface area contributed by atoms with Crippen molar-refractivity contribution in [3.63, 3.8) is 0 Å². The van der Waals surface area contributed by atoms with E-state index in [1.807, 2.05) is 6.92 Å². The topological polar surface area (TPSA) is 61.8 Å². The quantitative estimate of drug-likeness (QED) is 0.919. The lowest BCUT2D eigenvalue weighted by Crippen LogP contribution is -2.61. The Labute approximate surface area is 129 Å². The first-order valence-corrected chi connectivity index (χ1v) is 8.55. The Morgan fingerprint density at radius 3 is 2.68 bits per heavy atom. The molecule has 1 heterocycles. The fourth-order valence-electron chi connectivity index (χ4n) is 2.39. The third-order valence-electron chi connectivity index (χ3n) is 3.59. The standard InChI is InChI=1S/C14H19F2N3O2S/c1-4-7-17-13-18-14(2,9-22(20,21)19(13)3)11-6-5-10(15)8-12(11)16/h5-6,8H,4,7,9H2,1-3H3,(H,17,18)/t14-/m0/s1. The molecule has 1 N–H and O–H groups in total. The van der Waals surface area contributed by atoms with Gasteiger partial charge in [-0.1, -0.05) is 13.0 Å². The van der Waals surface area contributed by atoms with Gasteiger partial charge in [0.1, 0.15) is 11.6 Å². The fraction of sp³-hybridized carbons (Fsp3) is 0.500. The number of benzene rings is 1. The van der Waals surface area contributed by atoms with Crippen LogP contribution in [0, 0.1) is 11.6 Å². The molecule has 22 heavy (non-hydrogen) atoms. The Hall–Kier alpha value is -1.70. The van der Waals surface area contributed by atoms with Gasteiger partial charge in [0, 0.05) is 25.2 Å². The van der Waals surface area contributed by atoms with Crippen LogP contribution in [0.25, 0.3) is 0 Å². The summed E-state index contributed by atoms with van der Waals surface area (Å²) in [5, 5.41) is 2.98. The van der Waals surface area contributed by atoms with Gasteiger partial charge in [-0.05, 0) is 19.4 Å². The molecule has 5 nitrogen and oxygen atoms in total. The highest BCUT2D eigenvalue weighted by Gasteiger charge is 2.43. The van der Waals surface area contributed by atoms with Crippen LogP contribution in [0.2, 0.25) is 0 Å². The predicted molar refractivity (Wildman–Crippen MR) is 81.0 cm³/mol. The van der Waals surface area contributed by atoms with E-state index in [0.29, 0.717) is 6.54 Å². The van der Waals surface area contributed by atoms with Crippen molar-refractivity contribution in [2.45, 2.75) is 25.8 Å².